The number of nitriles is 2. The lowest BCUT2D eigenvalue weighted by atomic mass is 9.99. The zero-order valence-electron chi connectivity index (χ0n) is 32.5. The van der Waals surface area contributed by atoms with Gasteiger partial charge in [-0.1, -0.05) is 116 Å². The minimum atomic E-state index is -2.35. The van der Waals surface area contributed by atoms with Crippen molar-refractivity contribution in [3.63, 3.8) is 0 Å². The van der Waals surface area contributed by atoms with Crippen LogP contribution < -0.4 is 5.73 Å². The first-order valence-corrected chi connectivity index (χ1v) is 21.1. The molecule has 0 saturated heterocycles. The number of nitrogen functional groups attached to an aromatic ring is 1. The Morgan fingerprint density at radius 3 is 2.13 bits per heavy atom. The summed E-state index contributed by atoms with van der Waals surface area (Å²) in [4.78, 5) is 14.7. The van der Waals surface area contributed by atoms with Crippen molar-refractivity contribution in [2.45, 2.75) is 154 Å². The molecule has 0 aliphatic carbocycles. The molecule has 0 amide bonds. The molecular weight excluding hydrogens is 706 g/mol. The van der Waals surface area contributed by atoms with E-state index in [9.17, 15) is 19.8 Å². The normalized spacial score (nSPS) is 13.7. The van der Waals surface area contributed by atoms with Gasteiger partial charge in [0.05, 0.1) is 37.6 Å². The largest absolute Gasteiger partial charge is 0.382 e. The van der Waals surface area contributed by atoms with Crippen molar-refractivity contribution in [2.75, 3.05) is 26.1 Å². The van der Waals surface area contributed by atoms with Gasteiger partial charge in [-0.2, -0.15) is 15.6 Å². The van der Waals surface area contributed by atoms with E-state index in [1.54, 1.807) is 10.6 Å². The van der Waals surface area contributed by atoms with Gasteiger partial charge >= 0.3 is 8.60 Å². The van der Waals surface area contributed by atoms with E-state index < -0.39 is 26.1 Å². The maximum Gasteiger partial charge on any atom is 0.330 e. The van der Waals surface area contributed by atoms with E-state index in [0.717, 1.165) is 25.0 Å². The van der Waals surface area contributed by atoms with Crippen LogP contribution in [0.15, 0.2) is 36.7 Å². The monoisotopic (exact) mass is 768 g/mol. The number of hydrogen-bond donors (Lipinski definition) is 2. The molecular formula is C41H62FN6O5P. The molecule has 2 heterocycles. The van der Waals surface area contributed by atoms with E-state index in [4.69, 9.17) is 24.3 Å². The number of methoxy groups -OCH3 is 1. The van der Waals surface area contributed by atoms with Crippen molar-refractivity contribution in [1.29, 1.82) is 10.5 Å². The van der Waals surface area contributed by atoms with E-state index in [1.165, 1.54) is 115 Å². The molecule has 1 aromatic carbocycles. The van der Waals surface area contributed by atoms with Gasteiger partial charge in [-0.15, -0.1) is 0 Å². The van der Waals surface area contributed by atoms with Crippen molar-refractivity contribution in [3.8, 4) is 12.1 Å². The second-order valence-electron chi connectivity index (χ2n) is 14.2. The molecule has 3 aromatic rings. The summed E-state index contributed by atoms with van der Waals surface area (Å²) in [6, 6.07) is 12.0. The molecule has 54 heavy (non-hydrogen) atoms. The Labute approximate surface area is 323 Å². The second-order valence-corrected chi connectivity index (χ2v) is 15.2. The molecule has 298 valence electrons. The van der Waals surface area contributed by atoms with E-state index in [-0.39, 0.29) is 31.8 Å². The number of fused-ring (bicyclic) bond motifs is 1. The lowest BCUT2D eigenvalue weighted by Crippen LogP contribution is -2.35. The molecule has 3 rings (SSSR count). The van der Waals surface area contributed by atoms with Gasteiger partial charge in [-0.25, -0.2) is 13.9 Å². The summed E-state index contributed by atoms with van der Waals surface area (Å²) in [5, 5.41) is 23.5. The number of ether oxygens (including phenoxy) is 2. The number of unbranched alkanes of at least 4 members (excludes halogenated alkanes) is 16. The number of rotatable bonds is 31. The summed E-state index contributed by atoms with van der Waals surface area (Å²) in [5.74, 6) is -0.140. The molecule has 3 atom stereocenters. The van der Waals surface area contributed by atoms with Crippen molar-refractivity contribution >= 4 is 19.9 Å². The van der Waals surface area contributed by atoms with Crippen LogP contribution in [0.5, 0.6) is 0 Å². The molecule has 11 nitrogen and oxygen atoms in total. The van der Waals surface area contributed by atoms with Crippen LogP contribution in [-0.4, -0.2) is 51.5 Å². The fourth-order valence-electron chi connectivity index (χ4n) is 6.56. The number of hydrogen-bond acceptors (Lipinski definition) is 10. The molecule has 0 aliphatic heterocycles. The maximum absolute atomic E-state index is 14.1. The number of nitrogens with two attached hydrogens (primary N) is 1. The second kappa shape index (κ2) is 26.6. The van der Waals surface area contributed by atoms with Gasteiger partial charge in [0.15, 0.2) is 11.4 Å². The minimum Gasteiger partial charge on any atom is -0.382 e. The Balaban J connectivity index is 1.38. The third-order valence-corrected chi connectivity index (χ3v) is 10.6. The predicted octanol–water partition coefficient (Wildman–Crippen LogP) is 10.0. The third kappa shape index (κ3) is 17.1. The lowest BCUT2D eigenvalue weighted by molar-refractivity contribution is -0.0212. The van der Waals surface area contributed by atoms with E-state index in [2.05, 4.69) is 23.1 Å². The number of aromatic nitrogens is 3. The number of halogens is 1. The zero-order valence-corrected chi connectivity index (χ0v) is 33.4. The highest BCUT2D eigenvalue weighted by Gasteiger charge is 2.32. The quantitative estimate of drug-likeness (QED) is 0.0476. The summed E-state index contributed by atoms with van der Waals surface area (Å²) in [6.45, 7) is 2.19. The number of nitrogens with zero attached hydrogens (tertiary/aromatic N) is 5. The number of aryl methyl sites for hydroxylation is 1. The molecule has 0 spiro atoms. The van der Waals surface area contributed by atoms with Crippen molar-refractivity contribution in [2.24, 2.45) is 0 Å². The van der Waals surface area contributed by atoms with Crippen LogP contribution in [0, 0.1) is 28.5 Å². The van der Waals surface area contributed by atoms with Gasteiger partial charge in [-0.05, 0) is 55.2 Å². The lowest BCUT2D eigenvalue weighted by Gasteiger charge is -2.26. The van der Waals surface area contributed by atoms with Crippen molar-refractivity contribution < 1.29 is 27.8 Å². The van der Waals surface area contributed by atoms with E-state index in [0.29, 0.717) is 29.7 Å². The van der Waals surface area contributed by atoms with Gasteiger partial charge in [0.25, 0.3) is 0 Å². The fourth-order valence-corrected chi connectivity index (χ4v) is 7.25. The van der Waals surface area contributed by atoms with E-state index >= 15 is 0 Å². The van der Waals surface area contributed by atoms with Crippen LogP contribution in [0.2, 0.25) is 0 Å². The highest BCUT2D eigenvalue weighted by atomic mass is 31.2. The van der Waals surface area contributed by atoms with Crippen LogP contribution in [0.25, 0.3) is 5.52 Å². The van der Waals surface area contributed by atoms with Gasteiger partial charge in [0, 0.05) is 12.8 Å². The first kappa shape index (κ1) is 45.2. The van der Waals surface area contributed by atoms with Gasteiger partial charge < -0.3 is 29.1 Å². The average Bonchev–Trinajstić information content (AvgIpc) is 3.61. The molecule has 0 radical (unpaired) electrons. The van der Waals surface area contributed by atoms with Gasteiger partial charge in [-0.3, -0.25) is 0 Å². The Morgan fingerprint density at radius 2 is 1.54 bits per heavy atom. The summed E-state index contributed by atoms with van der Waals surface area (Å²) in [7, 11) is -0.925. The standard InChI is InChI=1S/C41H62FN6O5P/c1-3-4-5-6-7-8-9-10-11-12-13-14-15-16-17-18-19-20-38(51-29-35-25-34(28-43)26-36(42)27-35)30-52-54(49)53-32-41(31-44,50-2)24-23-37-21-22-39-40(45)46-33-47-48(37)39/h21-22,25-27,33,38,49H,3-20,23-24,29-30,32H2,1-2H3,(H2,45,46,47). The number of benzene rings is 1. The molecule has 0 fully saturated rings. The maximum atomic E-state index is 14.1. The molecule has 0 saturated carbocycles. The molecule has 3 unspecified atom stereocenters. The van der Waals surface area contributed by atoms with E-state index in [1.807, 2.05) is 18.2 Å². The summed E-state index contributed by atoms with van der Waals surface area (Å²) in [5.41, 5.74) is 6.87. The van der Waals surface area contributed by atoms with Crippen molar-refractivity contribution in [3.05, 3.63) is 59.3 Å². The van der Waals surface area contributed by atoms with Crippen LogP contribution in [0.3, 0.4) is 0 Å². The highest BCUT2D eigenvalue weighted by Crippen LogP contribution is 2.36. The van der Waals surface area contributed by atoms with Crippen LogP contribution >= 0.6 is 8.60 Å². The zero-order chi connectivity index (χ0) is 38.9. The Hall–Kier alpha value is -3.22. The predicted molar refractivity (Wildman–Crippen MR) is 211 cm³/mol. The van der Waals surface area contributed by atoms with Gasteiger partial charge in [0.2, 0.25) is 0 Å². The highest BCUT2D eigenvalue weighted by molar-refractivity contribution is 7.40. The minimum absolute atomic E-state index is 0.0469. The van der Waals surface area contributed by atoms with Crippen molar-refractivity contribution in [1.82, 2.24) is 14.6 Å². The summed E-state index contributed by atoms with van der Waals surface area (Å²) >= 11 is 0. The fraction of sp³-hybridized carbons (Fsp3) is 0.659. The first-order chi connectivity index (χ1) is 26.3. The summed E-state index contributed by atoms with van der Waals surface area (Å²) < 4.78 is 38.7. The smallest absolute Gasteiger partial charge is 0.330 e. The van der Waals surface area contributed by atoms with Crippen LogP contribution in [0.1, 0.15) is 146 Å². The SMILES string of the molecule is CCCCCCCCCCCCCCCCCCCC(COP(O)OCC(C#N)(CCc1ccc2c(N)ncnn12)OC)OCc1cc(F)cc(C#N)c1. The Kier molecular flexibility index (Phi) is 22.2. The average molecular weight is 769 g/mol. The Morgan fingerprint density at radius 1 is 0.907 bits per heavy atom. The van der Waals surface area contributed by atoms with Crippen LogP contribution in [0.4, 0.5) is 10.2 Å². The Bertz CT molecular complexity index is 1560. The topological polar surface area (TPSA) is 161 Å². The van der Waals surface area contributed by atoms with Gasteiger partial charge in [0.1, 0.15) is 23.7 Å². The number of anilines is 1. The third-order valence-electron chi connectivity index (χ3n) is 9.92. The van der Waals surface area contributed by atoms with Crippen LogP contribution in [-0.2, 0) is 31.5 Å². The molecule has 0 aliphatic rings. The molecule has 0 bridgehead atoms. The molecule has 3 N–H and O–H groups in total. The summed E-state index contributed by atoms with van der Waals surface area (Å²) in [6.07, 6.45) is 24.3. The molecule has 2 aromatic heterocycles. The molecule has 13 heteroatoms. The first-order valence-electron chi connectivity index (χ1n) is 19.9.